The van der Waals surface area contributed by atoms with Crippen LogP contribution in [-0.2, 0) is 20.7 Å². The van der Waals surface area contributed by atoms with Crippen molar-refractivity contribution in [3.63, 3.8) is 0 Å². The summed E-state index contributed by atoms with van der Waals surface area (Å²) < 4.78 is 6.50. The van der Waals surface area contributed by atoms with Gasteiger partial charge in [-0.3, -0.25) is 4.79 Å². The highest BCUT2D eigenvalue weighted by Gasteiger charge is 2.48. The number of hydrogen-bond acceptors (Lipinski definition) is 3. The molecule has 1 saturated heterocycles. The fraction of sp³-hybridized carbons (Fsp3) is 0.286. The number of morpholine rings is 1. The van der Waals surface area contributed by atoms with Gasteiger partial charge in [0.05, 0.1) is 6.04 Å². The molecule has 3 aromatic rings. The maximum absolute atomic E-state index is 14.0. The molecule has 3 aromatic carbocycles. The van der Waals surface area contributed by atoms with Gasteiger partial charge in [0.15, 0.2) is 0 Å². The molecule has 0 bridgehead atoms. The van der Waals surface area contributed by atoms with Gasteiger partial charge in [0.1, 0.15) is 18.2 Å². The lowest BCUT2D eigenvalue weighted by Gasteiger charge is -2.47. The second-order valence-corrected chi connectivity index (χ2v) is 10.1. The predicted octanol–water partition coefficient (Wildman–Crippen LogP) is 7.15. The Morgan fingerprint density at radius 3 is 1.89 bits per heavy atom. The number of carbonyl (C=O) groups is 2. The highest BCUT2D eigenvalue weighted by atomic mass is 35.5. The molecule has 36 heavy (non-hydrogen) atoms. The zero-order valence-corrected chi connectivity index (χ0v) is 21.9. The smallest absolute Gasteiger partial charge is 0.326 e. The summed E-state index contributed by atoms with van der Waals surface area (Å²) in [5, 5.41) is 11.9. The predicted molar refractivity (Wildman–Crippen MR) is 142 cm³/mol. The van der Waals surface area contributed by atoms with Crippen molar-refractivity contribution in [3.8, 4) is 0 Å². The Hall–Kier alpha value is -2.57. The van der Waals surface area contributed by atoms with Gasteiger partial charge >= 0.3 is 5.97 Å². The fourth-order valence-corrected chi connectivity index (χ4v) is 5.02. The van der Waals surface area contributed by atoms with Crippen molar-refractivity contribution in [2.75, 3.05) is 0 Å². The van der Waals surface area contributed by atoms with E-state index >= 15 is 0 Å². The molecular formula is C28H26Cl3NO4. The Balaban J connectivity index is 1.84. The molecule has 1 aliphatic heterocycles. The minimum absolute atomic E-state index is 0.280. The Labute approximate surface area is 225 Å². The molecule has 1 aliphatic rings. The molecule has 1 heterocycles. The van der Waals surface area contributed by atoms with Crippen LogP contribution >= 0.6 is 34.8 Å². The number of amides is 1. The van der Waals surface area contributed by atoms with Crippen molar-refractivity contribution >= 4 is 46.7 Å². The van der Waals surface area contributed by atoms with Crippen molar-refractivity contribution in [3.05, 3.63) is 105 Å². The fourth-order valence-electron chi connectivity index (χ4n) is 4.64. The summed E-state index contributed by atoms with van der Waals surface area (Å²) in [5.74, 6) is -1.41. The van der Waals surface area contributed by atoms with Crippen LogP contribution in [-0.4, -0.2) is 34.0 Å². The van der Waals surface area contributed by atoms with E-state index in [1.54, 1.807) is 36.4 Å². The van der Waals surface area contributed by atoms with E-state index in [1.165, 1.54) is 4.90 Å². The van der Waals surface area contributed by atoms with Crippen LogP contribution in [0.25, 0.3) is 0 Å². The molecule has 0 aromatic heterocycles. The highest BCUT2D eigenvalue weighted by Crippen LogP contribution is 2.44. The van der Waals surface area contributed by atoms with Crippen molar-refractivity contribution in [1.82, 2.24) is 4.90 Å². The van der Waals surface area contributed by atoms with Crippen LogP contribution in [0.5, 0.6) is 0 Å². The second-order valence-electron chi connectivity index (χ2n) is 8.81. The number of hydrogen-bond donors (Lipinski definition) is 1. The van der Waals surface area contributed by atoms with Gasteiger partial charge in [-0.25, -0.2) is 4.79 Å². The normalized spacial score (nSPS) is 20.8. The van der Waals surface area contributed by atoms with Crippen LogP contribution in [0.4, 0.5) is 0 Å². The summed E-state index contributed by atoms with van der Waals surface area (Å²) in [5.41, 5.74) is 2.39. The molecule has 0 saturated carbocycles. The van der Waals surface area contributed by atoms with E-state index in [0.29, 0.717) is 27.9 Å². The zero-order chi connectivity index (χ0) is 25.8. The summed E-state index contributed by atoms with van der Waals surface area (Å²) in [6, 6.07) is 19.8. The van der Waals surface area contributed by atoms with Gasteiger partial charge in [-0.05, 0) is 59.5 Å². The molecule has 4 atom stereocenters. The standard InChI is InChI=1S/C28H26Cl3NO4/c1-2-3-23(28(34)35)32-25(18-6-12-21(30)13-7-18)26(19-8-14-22(31)15-9-19)36-24(27(32)33)16-17-4-10-20(29)11-5-17/h4-15,23-26H,2-3,16H2,1H3,(H,34,35)/t23-,24+,25-,26+/m0/s1. The monoisotopic (exact) mass is 545 g/mol. The third kappa shape index (κ3) is 5.87. The molecule has 0 radical (unpaired) electrons. The average Bonchev–Trinajstić information content (AvgIpc) is 2.86. The Kier molecular flexibility index (Phi) is 8.58. The maximum atomic E-state index is 14.0. The van der Waals surface area contributed by atoms with Gasteiger partial charge < -0.3 is 14.7 Å². The lowest BCUT2D eigenvalue weighted by Crippen LogP contribution is -2.57. The second kappa shape index (κ2) is 11.7. The van der Waals surface area contributed by atoms with Gasteiger partial charge in [0.25, 0.3) is 5.91 Å². The molecule has 0 unspecified atom stereocenters. The largest absolute Gasteiger partial charge is 0.480 e. The summed E-state index contributed by atoms with van der Waals surface area (Å²) in [6.45, 7) is 1.90. The number of benzene rings is 3. The van der Waals surface area contributed by atoms with Gasteiger partial charge in [-0.1, -0.05) is 84.5 Å². The number of carboxylic acids is 1. The minimum Gasteiger partial charge on any atom is -0.480 e. The Morgan fingerprint density at radius 1 is 0.889 bits per heavy atom. The van der Waals surface area contributed by atoms with Crippen LogP contribution in [0.1, 0.15) is 48.6 Å². The topological polar surface area (TPSA) is 66.8 Å². The Morgan fingerprint density at radius 2 is 1.39 bits per heavy atom. The number of ether oxygens (including phenoxy) is 1. The van der Waals surface area contributed by atoms with Crippen molar-refractivity contribution in [2.24, 2.45) is 0 Å². The van der Waals surface area contributed by atoms with E-state index in [4.69, 9.17) is 39.5 Å². The van der Waals surface area contributed by atoms with Gasteiger partial charge in [0, 0.05) is 21.5 Å². The van der Waals surface area contributed by atoms with Crippen molar-refractivity contribution in [1.29, 1.82) is 0 Å². The van der Waals surface area contributed by atoms with E-state index < -0.39 is 30.3 Å². The van der Waals surface area contributed by atoms with E-state index in [1.807, 2.05) is 43.3 Å². The number of carboxylic acid groups (broad SMARTS) is 1. The molecule has 4 rings (SSSR count). The number of nitrogens with zero attached hydrogens (tertiary/aromatic N) is 1. The zero-order valence-electron chi connectivity index (χ0n) is 19.6. The van der Waals surface area contributed by atoms with Crippen molar-refractivity contribution in [2.45, 2.75) is 50.5 Å². The summed E-state index contributed by atoms with van der Waals surface area (Å²) in [4.78, 5) is 27.9. The molecule has 1 N–H and O–H groups in total. The molecule has 5 nitrogen and oxygen atoms in total. The summed E-state index contributed by atoms with van der Waals surface area (Å²) >= 11 is 18.3. The first kappa shape index (κ1) is 26.5. The lowest BCUT2D eigenvalue weighted by molar-refractivity contribution is -0.184. The maximum Gasteiger partial charge on any atom is 0.326 e. The number of carbonyl (C=O) groups excluding carboxylic acids is 1. The molecule has 1 amide bonds. The number of rotatable bonds is 8. The van der Waals surface area contributed by atoms with Crippen LogP contribution < -0.4 is 0 Å². The average molecular weight is 547 g/mol. The quantitative estimate of drug-likeness (QED) is 0.326. The first-order chi connectivity index (χ1) is 17.3. The molecule has 0 aliphatic carbocycles. The summed E-state index contributed by atoms with van der Waals surface area (Å²) in [7, 11) is 0. The van der Waals surface area contributed by atoms with Crippen LogP contribution in [0.3, 0.4) is 0 Å². The van der Waals surface area contributed by atoms with Gasteiger partial charge in [-0.2, -0.15) is 0 Å². The van der Waals surface area contributed by atoms with Crippen LogP contribution in [0.15, 0.2) is 72.8 Å². The molecule has 0 spiro atoms. The first-order valence-corrected chi connectivity index (χ1v) is 12.9. The summed E-state index contributed by atoms with van der Waals surface area (Å²) in [6.07, 6.45) is -0.317. The highest BCUT2D eigenvalue weighted by molar-refractivity contribution is 6.31. The molecule has 8 heteroatoms. The van der Waals surface area contributed by atoms with E-state index in [0.717, 1.165) is 16.7 Å². The van der Waals surface area contributed by atoms with E-state index in [-0.39, 0.29) is 12.3 Å². The third-order valence-electron chi connectivity index (χ3n) is 6.35. The molecule has 1 fully saturated rings. The Bertz CT molecular complexity index is 1200. The third-order valence-corrected chi connectivity index (χ3v) is 7.11. The van der Waals surface area contributed by atoms with Gasteiger partial charge in [-0.15, -0.1) is 0 Å². The van der Waals surface area contributed by atoms with Crippen LogP contribution in [0.2, 0.25) is 15.1 Å². The van der Waals surface area contributed by atoms with E-state index in [2.05, 4.69) is 0 Å². The van der Waals surface area contributed by atoms with Gasteiger partial charge in [0.2, 0.25) is 0 Å². The van der Waals surface area contributed by atoms with Crippen LogP contribution in [0, 0.1) is 0 Å². The van der Waals surface area contributed by atoms with Crippen molar-refractivity contribution < 1.29 is 19.4 Å². The molecular weight excluding hydrogens is 521 g/mol. The number of aliphatic carboxylic acids is 1. The first-order valence-electron chi connectivity index (χ1n) is 11.7. The minimum atomic E-state index is -1.05. The SMILES string of the molecule is CCC[C@@H](C(=O)O)N1C(=O)[C@@H](Cc2ccc(Cl)cc2)O[C@H](c2ccc(Cl)cc2)[C@@H]1c1ccc(Cl)cc1. The number of halogens is 3. The molecule has 188 valence electrons. The van der Waals surface area contributed by atoms with E-state index in [9.17, 15) is 14.7 Å². The lowest BCUT2D eigenvalue weighted by atomic mass is 9.88.